The summed E-state index contributed by atoms with van der Waals surface area (Å²) in [7, 11) is 0. The third-order valence-corrected chi connectivity index (χ3v) is 3.30. The second kappa shape index (κ2) is 6.72. The Morgan fingerprint density at radius 3 is 2.57 bits per heavy atom. The lowest BCUT2D eigenvalue weighted by Gasteiger charge is -2.14. The van der Waals surface area contributed by atoms with E-state index in [2.05, 4.69) is 27.5 Å². The van der Waals surface area contributed by atoms with Crippen molar-refractivity contribution in [1.82, 2.24) is 9.97 Å². The van der Waals surface area contributed by atoms with Gasteiger partial charge in [0, 0.05) is 12.1 Å². The molecule has 112 valence electrons. The van der Waals surface area contributed by atoms with Crippen LogP contribution < -0.4 is 10.6 Å². The molecule has 0 radical (unpaired) electrons. The zero-order chi connectivity index (χ0) is 15.4. The van der Waals surface area contributed by atoms with E-state index in [1.807, 2.05) is 13.8 Å². The van der Waals surface area contributed by atoms with Gasteiger partial charge in [0.25, 0.3) is 0 Å². The molecule has 0 fully saturated rings. The Morgan fingerprint density at radius 2 is 1.90 bits per heavy atom. The summed E-state index contributed by atoms with van der Waals surface area (Å²) in [5, 5.41) is 6.72. The van der Waals surface area contributed by atoms with Gasteiger partial charge in [0.1, 0.15) is 23.3 Å². The van der Waals surface area contributed by atoms with Crippen molar-refractivity contribution >= 4 is 28.9 Å². The molecule has 2 rings (SSSR count). The number of hydrogen-bond donors (Lipinski definition) is 2. The molecule has 0 atom stereocenters. The maximum Gasteiger partial charge on any atom is 0.139 e. The molecule has 0 saturated carbocycles. The molecule has 2 N–H and O–H groups in total. The van der Waals surface area contributed by atoms with Gasteiger partial charge in [-0.15, -0.1) is 0 Å². The van der Waals surface area contributed by atoms with E-state index in [0.29, 0.717) is 22.4 Å². The number of benzene rings is 1. The van der Waals surface area contributed by atoms with E-state index >= 15 is 0 Å². The minimum atomic E-state index is -0.369. The molecule has 0 amide bonds. The number of nitrogens with one attached hydrogen (secondary N) is 2. The Morgan fingerprint density at radius 1 is 1.19 bits per heavy atom. The fourth-order valence-corrected chi connectivity index (χ4v) is 2.10. The molecule has 0 bridgehead atoms. The van der Waals surface area contributed by atoms with Gasteiger partial charge in [0.05, 0.1) is 10.7 Å². The Hall–Kier alpha value is -1.88. The van der Waals surface area contributed by atoms with Crippen molar-refractivity contribution in [1.29, 1.82) is 0 Å². The number of hydrogen-bond acceptors (Lipinski definition) is 4. The number of nitrogens with zero attached hydrogens (tertiary/aromatic N) is 2. The molecule has 1 aromatic heterocycles. The highest BCUT2D eigenvalue weighted by Gasteiger charge is 2.11. The van der Waals surface area contributed by atoms with Crippen LogP contribution in [0.25, 0.3) is 0 Å². The number of rotatable bonds is 5. The highest BCUT2D eigenvalue weighted by molar-refractivity contribution is 6.33. The molecular weight excluding hydrogens is 291 g/mol. The summed E-state index contributed by atoms with van der Waals surface area (Å²) < 4.78 is 13.1. The summed E-state index contributed by atoms with van der Waals surface area (Å²) in [4.78, 5) is 8.78. The smallest absolute Gasteiger partial charge is 0.139 e. The number of halogens is 2. The molecule has 1 aromatic carbocycles. The monoisotopic (exact) mass is 308 g/mol. The molecular formula is C15H18ClFN4. The van der Waals surface area contributed by atoms with Crippen molar-refractivity contribution < 1.29 is 4.39 Å². The standard InChI is InChI=1S/C15H18ClFN4/c1-4-7-18-14-9(2)15(20-10(3)19-14)21-13-6-5-11(17)8-12(13)16/h5-6,8H,4,7H2,1-3H3,(H2,18,19,20,21). The lowest BCUT2D eigenvalue weighted by molar-refractivity contribution is 0.628. The minimum Gasteiger partial charge on any atom is -0.370 e. The molecule has 0 unspecified atom stereocenters. The first kappa shape index (κ1) is 15.5. The minimum absolute atomic E-state index is 0.314. The topological polar surface area (TPSA) is 49.8 Å². The van der Waals surface area contributed by atoms with Gasteiger partial charge in [-0.1, -0.05) is 18.5 Å². The maximum atomic E-state index is 13.1. The van der Waals surface area contributed by atoms with Crippen molar-refractivity contribution in [3.8, 4) is 0 Å². The quantitative estimate of drug-likeness (QED) is 0.856. The Balaban J connectivity index is 2.32. The van der Waals surface area contributed by atoms with Crippen LogP contribution in [0, 0.1) is 19.7 Å². The van der Waals surface area contributed by atoms with Crippen molar-refractivity contribution in [2.75, 3.05) is 17.2 Å². The third kappa shape index (κ3) is 3.82. The highest BCUT2D eigenvalue weighted by Crippen LogP contribution is 2.28. The predicted octanol–water partition coefficient (Wildman–Crippen LogP) is 4.45. The lowest BCUT2D eigenvalue weighted by atomic mass is 10.2. The lowest BCUT2D eigenvalue weighted by Crippen LogP contribution is -2.09. The molecule has 0 aliphatic carbocycles. The average Bonchev–Trinajstić information content (AvgIpc) is 2.43. The predicted molar refractivity (Wildman–Crippen MR) is 85.0 cm³/mol. The van der Waals surface area contributed by atoms with E-state index in [4.69, 9.17) is 11.6 Å². The third-order valence-electron chi connectivity index (χ3n) is 2.98. The summed E-state index contributed by atoms with van der Waals surface area (Å²) >= 11 is 6.03. The number of aromatic nitrogens is 2. The number of aryl methyl sites for hydroxylation is 1. The fourth-order valence-electron chi connectivity index (χ4n) is 1.88. The van der Waals surface area contributed by atoms with Gasteiger partial charge in [-0.2, -0.15) is 0 Å². The molecule has 6 heteroatoms. The molecule has 0 saturated heterocycles. The first-order valence-corrected chi connectivity index (χ1v) is 7.20. The normalized spacial score (nSPS) is 10.5. The zero-order valence-electron chi connectivity index (χ0n) is 12.3. The van der Waals surface area contributed by atoms with Crippen LogP contribution in [0.3, 0.4) is 0 Å². The molecule has 0 spiro atoms. The summed E-state index contributed by atoms with van der Waals surface area (Å²) in [5.74, 6) is 1.74. The number of anilines is 3. The Bertz CT molecular complexity index is 646. The van der Waals surface area contributed by atoms with Crippen LogP contribution in [0.1, 0.15) is 24.7 Å². The highest BCUT2D eigenvalue weighted by atomic mass is 35.5. The molecule has 0 aliphatic heterocycles. The Kier molecular flexibility index (Phi) is 4.96. The van der Waals surface area contributed by atoms with Gasteiger partial charge in [0.15, 0.2) is 0 Å². The van der Waals surface area contributed by atoms with E-state index in [0.717, 1.165) is 24.3 Å². The second-order valence-electron chi connectivity index (χ2n) is 4.77. The van der Waals surface area contributed by atoms with E-state index < -0.39 is 0 Å². The molecule has 0 aliphatic rings. The van der Waals surface area contributed by atoms with Crippen molar-refractivity contribution in [2.24, 2.45) is 0 Å². The zero-order valence-corrected chi connectivity index (χ0v) is 13.1. The van der Waals surface area contributed by atoms with Crippen LogP contribution in [0.15, 0.2) is 18.2 Å². The van der Waals surface area contributed by atoms with Crippen molar-refractivity contribution in [2.45, 2.75) is 27.2 Å². The molecule has 1 heterocycles. The second-order valence-corrected chi connectivity index (χ2v) is 5.18. The van der Waals surface area contributed by atoms with E-state index in [1.165, 1.54) is 12.1 Å². The SMILES string of the molecule is CCCNc1nc(C)nc(Nc2ccc(F)cc2Cl)c1C. The largest absolute Gasteiger partial charge is 0.370 e. The Labute approximate surface area is 128 Å². The van der Waals surface area contributed by atoms with Crippen molar-refractivity contribution in [3.63, 3.8) is 0 Å². The van der Waals surface area contributed by atoms with E-state index in [-0.39, 0.29) is 5.82 Å². The van der Waals surface area contributed by atoms with E-state index in [1.54, 1.807) is 6.07 Å². The summed E-state index contributed by atoms with van der Waals surface area (Å²) in [6, 6.07) is 4.21. The molecule has 21 heavy (non-hydrogen) atoms. The summed E-state index contributed by atoms with van der Waals surface area (Å²) in [6.07, 6.45) is 1.01. The van der Waals surface area contributed by atoms with Crippen LogP contribution >= 0.6 is 11.6 Å². The van der Waals surface area contributed by atoms with Crippen LogP contribution in [0.5, 0.6) is 0 Å². The van der Waals surface area contributed by atoms with Gasteiger partial charge in [-0.05, 0) is 38.5 Å². The summed E-state index contributed by atoms with van der Waals surface area (Å²) in [6.45, 7) is 6.69. The van der Waals surface area contributed by atoms with Gasteiger partial charge in [0.2, 0.25) is 0 Å². The van der Waals surface area contributed by atoms with Gasteiger partial charge >= 0.3 is 0 Å². The maximum absolute atomic E-state index is 13.1. The first-order valence-electron chi connectivity index (χ1n) is 6.82. The van der Waals surface area contributed by atoms with Crippen LogP contribution in [-0.4, -0.2) is 16.5 Å². The van der Waals surface area contributed by atoms with Crippen LogP contribution in [0.4, 0.5) is 21.7 Å². The summed E-state index contributed by atoms with van der Waals surface area (Å²) in [5.41, 5.74) is 1.51. The van der Waals surface area contributed by atoms with E-state index in [9.17, 15) is 4.39 Å². The van der Waals surface area contributed by atoms with Gasteiger partial charge in [-0.25, -0.2) is 14.4 Å². The first-order chi connectivity index (χ1) is 10.0. The van der Waals surface area contributed by atoms with Gasteiger partial charge in [-0.3, -0.25) is 0 Å². The fraction of sp³-hybridized carbons (Fsp3) is 0.333. The van der Waals surface area contributed by atoms with Crippen molar-refractivity contribution in [3.05, 3.63) is 40.4 Å². The molecule has 4 nitrogen and oxygen atoms in total. The van der Waals surface area contributed by atoms with Crippen LogP contribution in [-0.2, 0) is 0 Å². The van der Waals surface area contributed by atoms with Gasteiger partial charge < -0.3 is 10.6 Å². The average molecular weight is 309 g/mol. The van der Waals surface area contributed by atoms with Crippen LogP contribution in [0.2, 0.25) is 5.02 Å². The molecule has 2 aromatic rings.